The number of rotatable bonds is 6. The second-order valence-electron chi connectivity index (χ2n) is 6.12. The van der Waals surface area contributed by atoms with Crippen LogP contribution in [0.2, 0.25) is 5.02 Å². The number of carbonyl (C=O) groups excluding carboxylic acids is 2. The smallest absolute Gasteiger partial charge is 0.331 e. The molecule has 0 saturated carbocycles. The lowest BCUT2D eigenvalue weighted by atomic mass is 10.2. The Hall–Kier alpha value is -2.99. The van der Waals surface area contributed by atoms with Gasteiger partial charge in [0.2, 0.25) is 0 Å². The SMILES string of the molecule is CC(OC(=O)/C=C/c1ccc2c(c1)OCCO2)C(=O)NCc1ccccc1Cl. The van der Waals surface area contributed by atoms with Crippen molar-refractivity contribution in [3.63, 3.8) is 0 Å². The van der Waals surface area contributed by atoms with Crippen molar-refractivity contribution in [2.75, 3.05) is 13.2 Å². The number of benzene rings is 2. The lowest BCUT2D eigenvalue weighted by molar-refractivity contribution is -0.150. The highest BCUT2D eigenvalue weighted by Gasteiger charge is 2.16. The summed E-state index contributed by atoms with van der Waals surface area (Å²) in [6.07, 6.45) is 1.93. The van der Waals surface area contributed by atoms with Crippen molar-refractivity contribution in [3.8, 4) is 11.5 Å². The zero-order chi connectivity index (χ0) is 19.9. The molecule has 2 aromatic carbocycles. The van der Waals surface area contributed by atoms with Crippen LogP contribution in [0.4, 0.5) is 0 Å². The van der Waals surface area contributed by atoms with E-state index in [0.29, 0.717) is 29.7 Å². The highest BCUT2D eigenvalue weighted by Crippen LogP contribution is 2.31. The maximum atomic E-state index is 12.1. The molecular formula is C21H20ClNO5. The number of fused-ring (bicyclic) bond motifs is 1. The summed E-state index contributed by atoms with van der Waals surface area (Å²) in [5.74, 6) is 0.292. The molecule has 3 rings (SSSR count). The van der Waals surface area contributed by atoms with Crippen molar-refractivity contribution in [2.45, 2.75) is 19.6 Å². The molecule has 0 spiro atoms. The summed E-state index contributed by atoms with van der Waals surface area (Å²) in [7, 11) is 0. The Morgan fingerprint density at radius 3 is 2.71 bits per heavy atom. The molecule has 0 bridgehead atoms. The van der Waals surface area contributed by atoms with Crippen LogP contribution in [0, 0.1) is 0 Å². The van der Waals surface area contributed by atoms with E-state index in [1.807, 2.05) is 18.2 Å². The topological polar surface area (TPSA) is 73.9 Å². The summed E-state index contributed by atoms with van der Waals surface area (Å²) in [6.45, 7) is 2.78. The molecule has 2 aromatic rings. The third kappa shape index (κ3) is 5.27. The summed E-state index contributed by atoms with van der Waals surface area (Å²) in [4.78, 5) is 24.1. The van der Waals surface area contributed by atoms with Crippen molar-refractivity contribution in [1.82, 2.24) is 5.32 Å². The van der Waals surface area contributed by atoms with Crippen LogP contribution in [0.5, 0.6) is 11.5 Å². The van der Waals surface area contributed by atoms with E-state index in [4.69, 9.17) is 25.8 Å². The van der Waals surface area contributed by atoms with Crippen LogP contribution < -0.4 is 14.8 Å². The largest absolute Gasteiger partial charge is 0.486 e. The van der Waals surface area contributed by atoms with Gasteiger partial charge in [-0.25, -0.2) is 4.79 Å². The average Bonchev–Trinajstić information content (AvgIpc) is 2.71. The van der Waals surface area contributed by atoms with Crippen LogP contribution in [0.3, 0.4) is 0 Å². The fourth-order valence-electron chi connectivity index (χ4n) is 2.56. The van der Waals surface area contributed by atoms with Gasteiger partial charge in [0.05, 0.1) is 0 Å². The molecule has 28 heavy (non-hydrogen) atoms. The van der Waals surface area contributed by atoms with E-state index in [1.54, 1.807) is 30.3 Å². The number of hydrogen-bond acceptors (Lipinski definition) is 5. The fraction of sp³-hybridized carbons (Fsp3) is 0.238. The third-order valence-corrected chi connectivity index (χ3v) is 4.42. The quantitative estimate of drug-likeness (QED) is 0.593. The van der Waals surface area contributed by atoms with Gasteiger partial charge in [0.1, 0.15) is 13.2 Å². The van der Waals surface area contributed by atoms with E-state index in [1.165, 1.54) is 13.0 Å². The molecule has 0 fully saturated rings. The Bertz CT molecular complexity index is 896. The highest BCUT2D eigenvalue weighted by atomic mass is 35.5. The number of hydrogen-bond donors (Lipinski definition) is 1. The first-order chi connectivity index (χ1) is 13.5. The monoisotopic (exact) mass is 401 g/mol. The molecule has 1 amide bonds. The minimum Gasteiger partial charge on any atom is -0.486 e. The lowest BCUT2D eigenvalue weighted by Crippen LogP contribution is -2.35. The van der Waals surface area contributed by atoms with E-state index in [9.17, 15) is 9.59 Å². The van der Waals surface area contributed by atoms with E-state index in [0.717, 1.165) is 11.1 Å². The van der Waals surface area contributed by atoms with Gasteiger partial charge in [-0.3, -0.25) is 4.79 Å². The van der Waals surface area contributed by atoms with Gasteiger partial charge >= 0.3 is 5.97 Å². The highest BCUT2D eigenvalue weighted by molar-refractivity contribution is 6.31. The predicted octanol–water partition coefficient (Wildman–Crippen LogP) is 3.37. The molecule has 1 atom stereocenters. The standard InChI is InChI=1S/C21H20ClNO5/c1-14(21(25)23-13-16-4-2-3-5-17(16)22)28-20(24)9-7-15-6-8-18-19(12-15)27-11-10-26-18/h2-9,12,14H,10-11,13H2,1H3,(H,23,25)/b9-7+. The predicted molar refractivity (Wildman–Crippen MR) is 105 cm³/mol. The zero-order valence-corrected chi connectivity index (χ0v) is 16.1. The number of halogens is 1. The van der Waals surface area contributed by atoms with Crippen molar-refractivity contribution in [2.24, 2.45) is 0 Å². The first-order valence-corrected chi connectivity index (χ1v) is 9.20. The molecule has 0 aliphatic carbocycles. The van der Waals surface area contributed by atoms with Crippen LogP contribution in [-0.2, 0) is 20.9 Å². The van der Waals surface area contributed by atoms with E-state index in [2.05, 4.69) is 5.32 Å². The molecule has 0 saturated heterocycles. The van der Waals surface area contributed by atoms with E-state index in [-0.39, 0.29) is 6.54 Å². The van der Waals surface area contributed by atoms with Crippen molar-refractivity contribution in [1.29, 1.82) is 0 Å². The van der Waals surface area contributed by atoms with Crippen LogP contribution in [-0.4, -0.2) is 31.2 Å². The van der Waals surface area contributed by atoms with Crippen LogP contribution in [0.15, 0.2) is 48.5 Å². The number of esters is 1. The molecule has 1 unspecified atom stereocenters. The first kappa shape index (κ1) is 19.8. The summed E-state index contributed by atoms with van der Waals surface area (Å²) in [5, 5.41) is 3.26. The van der Waals surface area contributed by atoms with E-state index >= 15 is 0 Å². The summed E-state index contributed by atoms with van der Waals surface area (Å²) < 4.78 is 16.1. The molecule has 7 heteroatoms. The Morgan fingerprint density at radius 1 is 1.18 bits per heavy atom. The Morgan fingerprint density at radius 2 is 1.93 bits per heavy atom. The van der Waals surface area contributed by atoms with Crippen LogP contribution in [0.1, 0.15) is 18.1 Å². The van der Waals surface area contributed by atoms with Crippen LogP contribution >= 0.6 is 11.6 Å². The molecule has 146 valence electrons. The van der Waals surface area contributed by atoms with E-state index < -0.39 is 18.0 Å². The summed E-state index contributed by atoms with van der Waals surface area (Å²) in [5.41, 5.74) is 1.55. The normalized spacial score (nSPS) is 13.8. The maximum Gasteiger partial charge on any atom is 0.331 e. The van der Waals surface area contributed by atoms with Gasteiger partial charge < -0.3 is 19.5 Å². The molecule has 0 radical (unpaired) electrons. The maximum absolute atomic E-state index is 12.1. The lowest BCUT2D eigenvalue weighted by Gasteiger charge is -2.18. The number of nitrogens with one attached hydrogen (secondary N) is 1. The number of amides is 1. The van der Waals surface area contributed by atoms with Crippen molar-refractivity contribution >= 4 is 29.6 Å². The number of ether oxygens (including phenoxy) is 3. The second kappa shape index (κ2) is 9.28. The van der Waals surface area contributed by atoms with Gasteiger partial charge in [-0.1, -0.05) is 35.9 Å². The first-order valence-electron chi connectivity index (χ1n) is 8.82. The Balaban J connectivity index is 1.50. The fourth-order valence-corrected chi connectivity index (χ4v) is 2.77. The average molecular weight is 402 g/mol. The van der Waals surface area contributed by atoms with Crippen molar-refractivity contribution in [3.05, 3.63) is 64.7 Å². The third-order valence-electron chi connectivity index (χ3n) is 4.05. The number of carbonyl (C=O) groups is 2. The van der Waals surface area contributed by atoms with Gasteiger partial charge in [-0.15, -0.1) is 0 Å². The molecule has 1 heterocycles. The minimum atomic E-state index is -0.931. The summed E-state index contributed by atoms with van der Waals surface area (Å²) >= 11 is 6.05. The zero-order valence-electron chi connectivity index (χ0n) is 15.3. The minimum absolute atomic E-state index is 0.257. The summed E-state index contributed by atoms with van der Waals surface area (Å²) in [6, 6.07) is 12.6. The molecule has 6 nitrogen and oxygen atoms in total. The Labute approximate surface area is 168 Å². The van der Waals surface area contributed by atoms with Gasteiger partial charge in [-0.05, 0) is 42.3 Å². The van der Waals surface area contributed by atoms with Gasteiger partial charge in [0.25, 0.3) is 5.91 Å². The molecule has 1 aliphatic rings. The molecular weight excluding hydrogens is 382 g/mol. The molecule has 0 aromatic heterocycles. The van der Waals surface area contributed by atoms with Gasteiger partial charge in [0, 0.05) is 17.6 Å². The second-order valence-corrected chi connectivity index (χ2v) is 6.53. The van der Waals surface area contributed by atoms with Crippen LogP contribution in [0.25, 0.3) is 6.08 Å². The molecule has 1 N–H and O–H groups in total. The Kier molecular flexibility index (Phi) is 6.55. The van der Waals surface area contributed by atoms with Crippen molar-refractivity contribution < 1.29 is 23.8 Å². The van der Waals surface area contributed by atoms with Gasteiger partial charge in [0.15, 0.2) is 17.6 Å². The molecule has 1 aliphatic heterocycles. The van der Waals surface area contributed by atoms with Gasteiger partial charge in [-0.2, -0.15) is 0 Å².